The Morgan fingerprint density at radius 1 is 1.80 bits per heavy atom. The van der Waals surface area contributed by atoms with Crippen LogP contribution in [0.2, 0.25) is 0 Å². The van der Waals surface area contributed by atoms with Crippen LogP contribution in [0.25, 0.3) is 0 Å². The van der Waals surface area contributed by atoms with E-state index in [1.807, 2.05) is 0 Å². The second kappa shape index (κ2) is 5.10. The molecule has 0 aromatic heterocycles. The third-order valence-electron chi connectivity index (χ3n) is 0.659. The molecule has 0 rings (SSSR count). The Morgan fingerprint density at radius 3 is 2.80 bits per heavy atom. The van der Waals surface area contributed by atoms with E-state index in [2.05, 4.69) is 27.7 Å². The highest BCUT2D eigenvalue weighted by Gasteiger charge is 2.00. The van der Waals surface area contributed by atoms with Crippen LogP contribution in [-0.2, 0) is 9.53 Å². The van der Waals surface area contributed by atoms with Gasteiger partial charge in [0.05, 0.1) is 0 Å². The molecule has 4 N–H and O–H groups in total. The van der Waals surface area contributed by atoms with E-state index < -0.39 is 0 Å². The van der Waals surface area contributed by atoms with Crippen LogP contribution in [0.15, 0.2) is 0 Å². The first kappa shape index (κ1) is 9.28. The predicted molar refractivity (Wildman–Crippen MR) is 39.9 cm³/mol. The SMILES string of the molecule is COCC(=O)NC(=S)NN. The Kier molecular flexibility index (Phi) is 4.73. The molecule has 6 heteroatoms. The van der Waals surface area contributed by atoms with Crippen molar-refractivity contribution in [3.8, 4) is 0 Å². The first-order valence-electron chi connectivity index (χ1n) is 2.50. The maximum atomic E-state index is 10.6. The summed E-state index contributed by atoms with van der Waals surface area (Å²) in [7, 11) is 1.42. The van der Waals surface area contributed by atoms with Crippen molar-refractivity contribution in [1.29, 1.82) is 0 Å². The number of ether oxygens (including phenoxy) is 1. The topological polar surface area (TPSA) is 76.4 Å². The summed E-state index contributed by atoms with van der Waals surface area (Å²) in [6, 6.07) is 0. The van der Waals surface area contributed by atoms with Crippen molar-refractivity contribution in [2.45, 2.75) is 0 Å². The van der Waals surface area contributed by atoms with Gasteiger partial charge < -0.3 is 15.5 Å². The molecular weight excluding hydrogens is 154 g/mol. The molecule has 0 aromatic rings. The minimum Gasteiger partial charge on any atom is -0.375 e. The van der Waals surface area contributed by atoms with E-state index >= 15 is 0 Å². The van der Waals surface area contributed by atoms with E-state index in [9.17, 15) is 4.79 Å². The van der Waals surface area contributed by atoms with Gasteiger partial charge in [-0.3, -0.25) is 4.79 Å². The molecule has 0 aliphatic heterocycles. The number of hydrogen-bond acceptors (Lipinski definition) is 4. The van der Waals surface area contributed by atoms with E-state index in [1.165, 1.54) is 7.11 Å². The van der Waals surface area contributed by atoms with Crippen LogP contribution in [0.5, 0.6) is 0 Å². The molecular formula is C4H9N3O2S. The fourth-order valence-electron chi connectivity index (χ4n) is 0.330. The van der Waals surface area contributed by atoms with Gasteiger partial charge in [-0.15, -0.1) is 0 Å². The van der Waals surface area contributed by atoms with Crippen molar-refractivity contribution in [1.82, 2.24) is 10.7 Å². The minimum atomic E-state index is -0.328. The Bertz CT molecular complexity index is 138. The summed E-state index contributed by atoms with van der Waals surface area (Å²) < 4.78 is 4.51. The van der Waals surface area contributed by atoms with E-state index in [4.69, 9.17) is 5.84 Å². The summed E-state index contributed by atoms with van der Waals surface area (Å²) in [6.07, 6.45) is 0. The molecule has 1 amide bonds. The number of carbonyl (C=O) groups is 1. The quantitative estimate of drug-likeness (QED) is 0.262. The number of nitrogens with two attached hydrogens (primary N) is 1. The molecule has 0 heterocycles. The molecule has 58 valence electrons. The number of hydrazine groups is 1. The number of methoxy groups -OCH3 is 1. The average molecular weight is 163 g/mol. The van der Waals surface area contributed by atoms with Gasteiger partial charge in [0.2, 0.25) is 0 Å². The van der Waals surface area contributed by atoms with Crippen LogP contribution in [-0.4, -0.2) is 24.7 Å². The highest BCUT2D eigenvalue weighted by Crippen LogP contribution is 1.68. The van der Waals surface area contributed by atoms with Crippen molar-refractivity contribution in [3.63, 3.8) is 0 Å². The summed E-state index contributed by atoms with van der Waals surface area (Å²) in [5, 5.41) is 2.35. The Morgan fingerprint density at radius 2 is 2.40 bits per heavy atom. The second-order valence-corrected chi connectivity index (χ2v) is 1.86. The monoisotopic (exact) mass is 163 g/mol. The van der Waals surface area contributed by atoms with Crippen molar-refractivity contribution in [3.05, 3.63) is 0 Å². The Hall–Kier alpha value is -0.720. The smallest absolute Gasteiger partial charge is 0.252 e. The zero-order chi connectivity index (χ0) is 7.98. The molecule has 0 bridgehead atoms. The molecule has 0 unspecified atom stereocenters. The first-order valence-corrected chi connectivity index (χ1v) is 2.91. The lowest BCUT2D eigenvalue weighted by Crippen LogP contribution is -2.43. The maximum absolute atomic E-state index is 10.6. The van der Waals surface area contributed by atoms with Gasteiger partial charge in [-0.05, 0) is 12.2 Å². The average Bonchev–Trinajstić information content (AvgIpc) is 1.88. The van der Waals surface area contributed by atoms with Crippen LogP contribution in [0.1, 0.15) is 0 Å². The number of amides is 1. The molecule has 0 aromatic carbocycles. The van der Waals surface area contributed by atoms with Crippen LogP contribution >= 0.6 is 12.2 Å². The molecule has 0 saturated heterocycles. The maximum Gasteiger partial charge on any atom is 0.252 e. The molecule has 0 spiro atoms. The standard InChI is InChI=1S/C4H9N3O2S/c1-9-2-3(8)6-4(10)7-5/h2,5H2,1H3,(H2,6,7,8,10). The lowest BCUT2D eigenvalue weighted by molar-refractivity contribution is -0.123. The summed E-state index contributed by atoms with van der Waals surface area (Å²) in [4.78, 5) is 10.6. The molecule has 0 fully saturated rings. The van der Waals surface area contributed by atoms with Gasteiger partial charge in [0.25, 0.3) is 5.91 Å². The van der Waals surface area contributed by atoms with Gasteiger partial charge in [0.1, 0.15) is 6.61 Å². The Balaban J connectivity index is 3.47. The number of rotatable bonds is 2. The van der Waals surface area contributed by atoms with Crippen molar-refractivity contribution in [2.24, 2.45) is 5.84 Å². The second-order valence-electron chi connectivity index (χ2n) is 1.45. The van der Waals surface area contributed by atoms with Gasteiger partial charge in [0.15, 0.2) is 5.11 Å². The third-order valence-corrected chi connectivity index (χ3v) is 0.879. The predicted octanol–water partition coefficient (Wildman–Crippen LogP) is -1.50. The van der Waals surface area contributed by atoms with Crippen molar-refractivity contribution in [2.75, 3.05) is 13.7 Å². The summed E-state index contributed by atoms with van der Waals surface area (Å²) in [5.74, 6) is 4.54. The van der Waals surface area contributed by atoms with Crippen LogP contribution in [0.3, 0.4) is 0 Å². The summed E-state index contributed by atoms with van der Waals surface area (Å²) in [5.41, 5.74) is 2.10. The van der Waals surface area contributed by atoms with Gasteiger partial charge in [0, 0.05) is 7.11 Å². The van der Waals surface area contributed by atoms with E-state index in [0.717, 1.165) is 0 Å². The van der Waals surface area contributed by atoms with Gasteiger partial charge in [-0.25, -0.2) is 5.84 Å². The fraction of sp³-hybridized carbons (Fsp3) is 0.500. The zero-order valence-electron chi connectivity index (χ0n) is 5.51. The van der Waals surface area contributed by atoms with E-state index in [-0.39, 0.29) is 17.6 Å². The normalized spacial score (nSPS) is 8.60. The minimum absolute atomic E-state index is 0.0260. The van der Waals surface area contributed by atoms with Crippen LogP contribution < -0.4 is 16.6 Å². The largest absolute Gasteiger partial charge is 0.375 e. The summed E-state index contributed by atoms with van der Waals surface area (Å²) >= 11 is 4.52. The highest BCUT2D eigenvalue weighted by atomic mass is 32.1. The summed E-state index contributed by atoms with van der Waals surface area (Å²) in [6.45, 7) is -0.0260. The number of nitrogens with one attached hydrogen (secondary N) is 2. The molecule has 0 saturated carbocycles. The molecule has 10 heavy (non-hydrogen) atoms. The lowest BCUT2D eigenvalue weighted by atomic mass is 10.6. The zero-order valence-corrected chi connectivity index (χ0v) is 6.33. The third kappa shape index (κ3) is 4.19. The molecule has 0 aliphatic rings. The van der Waals surface area contributed by atoms with Gasteiger partial charge in [-0.2, -0.15) is 0 Å². The number of thiocarbonyl (C=S) groups is 1. The van der Waals surface area contributed by atoms with Gasteiger partial charge >= 0.3 is 0 Å². The van der Waals surface area contributed by atoms with Gasteiger partial charge in [-0.1, -0.05) is 0 Å². The van der Waals surface area contributed by atoms with E-state index in [0.29, 0.717) is 0 Å². The van der Waals surface area contributed by atoms with E-state index in [1.54, 1.807) is 0 Å². The highest BCUT2D eigenvalue weighted by molar-refractivity contribution is 7.80. The fourth-order valence-corrected chi connectivity index (χ4v) is 0.444. The first-order chi connectivity index (χ1) is 4.70. The molecule has 0 aliphatic carbocycles. The van der Waals surface area contributed by atoms with Crippen LogP contribution in [0.4, 0.5) is 0 Å². The molecule has 0 atom stereocenters. The van der Waals surface area contributed by atoms with Crippen LogP contribution in [0, 0.1) is 0 Å². The Labute approximate surface area is 63.9 Å². The lowest BCUT2D eigenvalue weighted by Gasteiger charge is -2.03. The number of hydrogen-bond donors (Lipinski definition) is 3. The number of carbonyl (C=O) groups excluding carboxylic acids is 1. The van der Waals surface area contributed by atoms with Crippen molar-refractivity contribution < 1.29 is 9.53 Å². The molecule has 5 nitrogen and oxygen atoms in total. The molecule has 0 radical (unpaired) electrons. The van der Waals surface area contributed by atoms with Crippen molar-refractivity contribution >= 4 is 23.2 Å².